The van der Waals surface area contributed by atoms with Crippen LogP contribution in [0.25, 0.3) is 0 Å². The van der Waals surface area contributed by atoms with E-state index in [-0.39, 0.29) is 0 Å². The number of likely N-dealkylation sites (tertiary alicyclic amines) is 1. The molecule has 0 amide bonds. The zero-order valence-corrected chi connectivity index (χ0v) is 10.7. The topological polar surface area (TPSA) is 3.24 Å². The lowest BCUT2D eigenvalue weighted by Gasteiger charge is -2.39. The molecule has 1 nitrogen and oxygen atoms in total. The molecule has 1 heteroatoms. The highest BCUT2D eigenvalue weighted by molar-refractivity contribution is 5.15. The lowest BCUT2D eigenvalue weighted by atomic mass is 9.86. The van der Waals surface area contributed by atoms with Gasteiger partial charge in [0.15, 0.2) is 0 Å². The second kappa shape index (κ2) is 4.58. The fraction of sp³-hybridized carbons (Fsp3) is 0.600. The van der Waals surface area contributed by atoms with Gasteiger partial charge in [-0.3, -0.25) is 4.90 Å². The molecule has 88 valence electrons. The zero-order valence-electron chi connectivity index (χ0n) is 10.7. The molecule has 0 bridgehead atoms. The summed E-state index contributed by atoms with van der Waals surface area (Å²) in [6.45, 7) is 9.49. The van der Waals surface area contributed by atoms with Gasteiger partial charge in [0.1, 0.15) is 0 Å². The largest absolute Gasteiger partial charge is 0.293 e. The predicted octanol–water partition coefficient (Wildman–Crippen LogP) is 3.70. The van der Waals surface area contributed by atoms with E-state index < -0.39 is 0 Å². The minimum atomic E-state index is 0.399. The first-order valence-electron chi connectivity index (χ1n) is 6.42. The van der Waals surface area contributed by atoms with Gasteiger partial charge >= 0.3 is 0 Å². The molecule has 1 aliphatic rings. The molecular formula is C15H23N. The third-order valence-electron chi connectivity index (χ3n) is 4.29. The monoisotopic (exact) mass is 217 g/mol. The van der Waals surface area contributed by atoms with Gasteiger partial charge in [-0.15, -0.1) is 0 Å². The number of benzene rings is 1. The first-order valence-corrected chi connectivity index (χ1v) is 6.42. The molecule has 16 heavy (non-hydrogen) atoms. The molecule has 0 N–H and O–H groups in total. The molecule has 0 aliphatic carbocycles. The summed E-state index contributed by atoms with van der Waals surface area (Å²) in [4.78, 5) is 2.66. The fourth-order valence-electron chi connectivity index (χ4n) is 2.76. The average molecular weight is 217 g/mol. The van der Waals surface area contributed by atoms with Gasteiger partial charge in [0.25, 0.3) is 0 Å². The second-order valence-corrected chi connectivity index (χ2v) is 5.52. The highest BCUT2D eigenvalue weighted by atomic mass is 15.2. The highest BCUT2D eigenvalue weighted by Crippen LogP contribution is 2.36. The summed E-state index contributed by atoms with van der Waals surface area (Å²) >= 11 is 0. The van der Waals surface area contributed by atoms with Crippen molar-refractivity contribution < 1.29 is 0 Å². The molecule has 0 spiro atoms. The Labute approximate surface area is 99.5 Å². The molecule has 0 saturated carbocycles. The molecule has 0 aromatic heterocycles. The van der Waals surface area contributed by atoms with E-state index in [2.05, 4.69) is 56.0 Å². The van der Waals surface area contributed by atoms with Crippen LogP contribution in [0.15, 0.2) is 30.3 Å². The van der Waals surface area contributed by atoms with Crippen LogP contribution in [-0.2, 0) is 6.54 Å². The van der Waals surface area contributed by atoms with Crippen molar-refractivity contribution in [2.24, 2.45) is 5.92 Å². The molecule has 1 aromatic carbocycles. The maximum absolute atomic E-state index is 2.66. The van der Waals surface area contributed by atoms with Gasteiger partial charge in [-0.2, -0.15) is 0 Å². The van der Waals surface area contributed by atoms with Crippen LogP contribution in [0.2, 0.25) is 0 Å². The lowest BCUT2D eigenvalue weighted by Crippen LogP contribution is -2.44. The van der Waals surface area contributed by atoms with Crippen molar-refractivity contribution in [2.75, 3.05) is 6.54 Å². The van der Waals surface area contributed by atoms with Crippen molar-refractivity contribution in [2.45, 2.75) is 45.7 Å². The van der Waals surface area contributed by atoms with Crippen molar-refractivity contribution in [3.63, 3.8) is 0 Å². The van der Waals surface area contributed by atoms with Crippen LogP contribution in [-0.4, -0.2) is 17.0 Å². The molecule has 1 unspecified atom stereocenters. The molecule has 2 rings (SSSR count). The van der Waals surface area contributed by atoms with E-state index in [0.717, 1.165) is 12.5 Å². The average Bonchev–Trinajstić information content (AvgIpc) is 2.63. The Hall–Kier alpha value is -0.820. The Morgan fingerprint density at radius 3 is 2.56 bits per heavy atom. The third-order valence-corrected chi connectivity index (χ3v) is 4.29. The fourth-order valence-corrected chi connectivity index (χ4v) is 2.76. The molecule has 1 saturated heterocycles. The van der Waals surface area contributed by atoms with Gasteiger partial charge in [-0.05, 0) is 37.8 Å². The Bertz CT molecular complexity index is 331. The van der Waals surface area contributed by atoms with Crippen molar-refractivity contribution in [1.29, 1.82) is 0 Å². The van der Waals surface area contributed by atoms with Crippen LogP contribution in [0.4, 0.5) is 0 Å². The molecule has 0 radical (unpaired) electrons. The van der Waals surface area contributed by atoms with E-state index in [1.54, 1.807) is 0 Å². The van der Waals surface area contributed by atoms with E-state index in [4.69, 9.17) is 0 Å². The van der Waals surface area contributed by atoms with Crippen LogP contribution in [0, 0.1) is 5.92 Å². The second-order valence-electron chi connectivity index (χ2n) is 5.52. The van der Waals surface area contributed by atoms with Crippen molar-refractivity contribution in [3.05, 3.63) is 35.9 Å². The Morgan fingerprint density at radius 2 is 1.94 bits per heavy atom. The number of hydrogen-bond acceptors (Lipinski definition) is 1. The normalized spacial score (nSPS) is 26.5. The Kier molecular flexibility index (Phi) is 3.34. The van der Waals surface area contributed by atoms with Crippen molar-refractivity contribution in [3.8, 4) is 0 Å². The predicted molar refractivity (Wildman–Crippen MR) is 69.3 cm³/mol. The van der Waals surface area contributed by atoms with Gasteiger partial charge < -0.3 is 0 Å². The number of hydrogen-bond donors (Lipinski definition) is 0. The highest BCUT2D eigenvalue weighted by Gasteiger charge is 2.38. The van der Waals surface area contributed by atoms with Gasteiger partial charge in [0, 0.05) is 12.1 Å². The van der Waals surface area contributed by atoms with Crippen LogP contribution >= 0.6 is 0 Å². The van der Waals surface area contributed by atoms with Crippen LogP contribution in [0.3, 0.4) is 0 Å². The van der Waals surface area contributed by atoms with Crippen LogP contribution in [0.1, 0.15) is 39.2 Å². The minimum absolute atomic E-state index is 0.399. The maximum atomic E-state index is 2.66. The van der Waals surface area contributed by atoms with Crippen LogP contribution in [0.5, 0.6) is 0 Å². The van der Waals surface area contributed by atoms with E-state index in [1.807, 2.05) is 0 Å². The number of nitrogens with zero attached hydrogens (tertiary/aromatic N) is 1. The quantitative estimate of drug-likeness (QED) is 0.746. The summed E-state index contributed by atoms with van der Waals surface area (Å²) < 4.78 is 0. The van der Waals surface area contributed by atoms with Gasteiger partial charge in [-0.1, -0.05) is 44.2 Å². The minimum Gasteiger partial charge on any atom is -0.293 e. The van der Waals surface area contributed by atoms with Crippen molar-refractivity contribution in [1.82, 2.24) is 4.90 Å². The Balaban J connectivity index is 2.10. The number of rotatable bonds is 3. The summed E-state index contributed by atoms with van der Waals surface area (Å²) in [5, 5.41) is 0. The van der Waals surface area contributed by atoms with E-state index in [0.29, 0.717) is 5.54 Å². The standard InChI is InChI=1S/C15H23N/c1-13(2)15(3)10-7-11-16(15)12-14-8-5-4-6-9-14/h4-6,8-9,13H,7,10-12H2,1-3H3. The zero-order chi connectivity index (χ0) is 11.6. The summed E-state index contributed by atoms with van der Waals surface area (Å²) in [5.41, 5.74) is 1.84. The van der Waals surface area contributed by atoms with Gasteiger partial charge in [0.05, 0.1) is 0 Å². The first-order chi connectivity index (χ1) is 7.63. The summed E-state index contributed by atoms with van der Waals surface area (Å²) in [6.07, 6.45) is 2.69. The van der Waals surface area contributed by atoms with E-state index in [9.17, 15) is 0 Å². The maximum Gasteiger partial charge on any atom is 0.0239 e. The SMILES string of the molecule is CC(C)C1(C)CCCN1Cc1ccccc1. The van der Waals surface area contributed by atoms with Gasteiger partial charge in [0.2, 0.25) is 0 Å². The molecule has 1 heterocycles. The van der Waals surface area contributed by atoms with Gasteiger partial charge in [-0.25, -0.2) is 0 Å². The summed E-state index contributed by atoms with van der Waals surface area (Å²) in [6, 6.07) is 10.8. The molecule has 1 aromatic rings. The van der Waals surface area contributed by atoms with E-state index >= 15 is 0 Å². The molecule has 1 atom stereocenters. The summed E-state index contributed by atoms with van der Waals surface area (Å²) in [7, 11) is 0. The summed E-state index contributed by atoms with van der Waals surface area (Å²) in [5.74, 6) is 0.735. The first kappa shape index (κ1) is 11.7. The van der Waals surface area contributed by atoms with Crippen molar-refractivity contribution >= 4 is 0 Å². The Morgan fingerprint density at radius 1 is 1.25 bits per heavy atom. The van der Waals surface area contributed by atoms with E-state index in [1.165, 1.54) is 24.9 Å². The molecular weight excluding hydrogens is 194 g/mol. The molecule has 1 fully saturated rings. The molecule has 1 aliphatic heterocycles. The third kappa shape index (κ3) is 2.15. The van der Waals surface area contributed by atoms with Crippen LogP contribution < -0.4 is 0 Å². The smallest absolute Gasteiger partial charge is 0.0239 e. The lowest BCUT2D eigenvalue weighted by molar-refractivity contribution is 0.0983.